The summed E-state index contributed by atoms with van der Waals surface area (Å²) in [5.41, 5.74) is 7.44. The van der Waals surface area contributed by atoms with Crippen molar-refractivity contribution in [2.75, 3.05) is 13.1 Å². The van der Waals surface area contributed by atoms with E-state index in [1.165, 1.54) is 0 Å². The monoisotopic (exact) mass is 258 g/mol. The van der Waals surface area contributed by atoms with Crippen LogP contribution in [-0.2, 0) is 0 Å². The molecule has 0 spiro atoms. The van der Waals surface area contributed by atoms with E-state index < -0.39 is 0 Å². The minimum atomic E-state index is 0.0817. The Labute approximate surface area is 111 Å². The maximum Gasteiger partial charge on any atom is 0.254 e. The number of rotatable bonds is 2. The number of aromatic amines is 1. The number of H-pyrrole nitrogens is 1. The number of carbonyl (C=O) groups is 1. The summed E-state index contributed by atoms with van der Waals surface area (Å²) >= 11 is 0. The maximum absolute atomic E-state index is 12.6. The molecule has 2 aromatic rings. The molecule has 1 fully saturated rings. The van der Waals surface area contributed by atoms with Crippen molar-refractivity contribution >= 4 is 16.8 Å². The highest BCUT2D eigenvalue weighted by atomic mass is 16.2. The van der Waals surface area contributed by atoms with Gasteiger partial charge in [-0.2, -0.15) is 5.10 Å². The second kappa shape index (κ2) is 5.01. The summed E-state index contributed by atoms with van der Waals surface area (Å²) in [6, 6.07) is 5.83. The summed E-state index contributed by atoms with van der Waals surface area (Å²) in [7, 11) is 0. The third-order valence-electron chi connectivity index (χ3n) is 3.85. The van der Waals surface area contributed by atoms with Crippen LogP contribution in [0.25, 0.3) is 10.9 Å². The SMILES string of the molecule is NCC1CCCCN1C(=O)c1ccc2[nH]ncc2c1. The fourth-order valence-corrected chi connectivity index (χ4v) is 2.75. The summed E-state index contributed by atoms with van der Waals surface area (Å²) in [6.45, 7) is 1.35. The van der Waals surface area contributed by atoms with Crippen molar-refractivity contribution in [3.05, 3.63) is 30.0 Å². The molecule has 0 radical (unpaired) electrons. The summed E-state index contributed by atoms with van der Waals surface area (Å²) < 4.78 is 0. The Morgan fingerprint density at radius 2 is 2.37 bits per heavy atom. The van der Waals surface area contributed by atoms with Crippen LogP contribution in [-0.4, -0.2) is 40.1 Å². The first-order valence-corrected chi connectivity index (χ1v) is 6.74. The molecule has 0 saturated carbocycles. The van der Waals surface area contributed by atoms with Gasteiger partial charge in [0.1, 0.15) is 0 Å². The number of fused-ring (bicyclic) bond motifs is 1. The van der Waals surface area contributed by atoms with Gasteiger partial charge in [0.25, 0.3) is 5.91 Å². The van der Waals surface area contributed by atoms with Crippen molar-refractivity contribution < 1.29 is 4.79 Å². The van der Waals surface area contributed by atoms with E-state index in [1.54, 1.807) is 6.20 Å². The molecule has 3 N–H and O–H groups in total. The van der Waals surface area contributed by atoms with Crippen LogP contribution in [0.2, 0.25) is 0 Å². The third kappa shape index (κ3) is 2.21. The largest absolute Gasteiger partial charge is 0.334 e. The number of piperidine rings is 1. The highest BCUT2D eigenvalue weighted by Gasteiger charge is 2.26. The second-order valence-electron chi connectivity index (χ2n) is 5.06. The normalized spacial score (nSPS) is 19.8. The average Bonchev–Trinajstić information content (AvgIpc) is 2.93. The number of hydrogen-bond donors (Lipinski definition) is 2. The summed E-state index contributed by atoms with van der Waals surface area (Å²) in [6.07, 6.45) is 4.97. The van der Waals surface area contributed by atoms with Crippen molar-refractivity contribution in [1.82, 2.24) is 15.1 Å². The molecule has 0 bridgehead atoms. The molecule has 1 aromatic heterocycles. The van der Waals surface area contributed by atoms with Gasteiger partial charge < -0.3 is 10.6 Å². The number of benzene rings is 1. The van der Waals surface area contributed by atoms with E-state index in [0.717, 1.165) is 36.7 Å². The first-order valence-electron chi connectivity index (χ1n) is 6.74. The zero-order valence-electron chi connectivity index (χ0n) is 10.8. The lowest BCUT2D eigenvalue weighted by atomic mass is 10.0. The zero-order chi connectivity index (χ0) is 13.2. The Bertz CT molecular complexity index is 592. The van der Waals surface area contributed by atoms with Crippen LogP contribution in [0.4, 0.5) is 0 Å². The number of nitrogens with two attached hydrogens (primary N) is 1. The second-order valence-corrected chi connectivity index (χ2v) is 5.06. The van der Waals surface area contributed by atoms with E-state index in [-0.39, 0.29) is 11.9 Å². The lowest BCUT2D eigenvalue weighted by Gasteiger charge is -2.35. The Kier molecular flexibility index (Phi) is 3.21. The smallest absolute Gasteiger partial charge is 0.254 e. The third-order valence-corrected chi connectivity index (χ3v) is 3.85. The molecule has 1 atom stereocenters. The van der Waals surface area contributed by atoms with E-state index in [9.17, 15) is 4.79 Å². The Morgan fingerprint density at radius 1 is 1.47 bits per heavy atom. The topological polar surface area (TPSA) is 75.0 Å². The molecule has 1 unspecified atom stereocenters. The molecule has 1 amide bonds. The summed E-state index contributed by atoms with van der Waals surface area (Å²) in [5, 5.41) is 7.83. The van der Waals surface area contributed by atoms with Crippen molar-refractivity contribution in [3.63, 3.8) is 0 Å². The van der Waals surface area contributed by atoms with Crippen molar-refractivity contribution in [2.24, 2.45) is 5.73 Å². The molecule has 19 heavy (non-hydrogen) atoms. The Hall–Kier alpha value is -1.88. The van der Waals surface area contributed by atoms with Gasteiger partial charge in [-0.3, -0.25) is 9.89 Å². The van der Waals surface area contributed by atoms with Crippen LogP contribution >= 0.6 is 0 Å². The maximum atomic E-state index is 12.6. The zero-order valence-corrected chi connectivity index (χ0v) is 10.8. The van der Waals surface area contributed by atoms with Crippen LogP contribution in [0.15, 0.2) is 24.4 Å². The molecular formula is C14H18N4O. The fraction of sp³-hybridized carbons (Fsp3) is 0.429. The van der Waals surface area contributed by atoms with E-state index >= 15 is 0 Å². The fourth-order valence-electron chi connectivity index (χ4n) is 2.75. The molecule has 5 heteroatoms. The van der Waals surface area contributed by atoms with Gasteiger partial charge in [-0.15, -0.1) is 0 Å². The first-order chi connectivity index (χ1) is 9.29. The highest BCUT2D eigenvalue weighted by molar-refractivity contribution is 5.98. The standard InChI is InChI=1S/C14H18N4O/c15-8-12-3-1-2-6-18(12)14(19)10-4-5-13-11(7-10)9-16-17-13/h4-5,7,9,12H,1-3,6,8,15H2,(H,16,17). The van der Waals surface area contributed by atoms with Crippen LogP contribution in [0.1, 0.15) is 29.6 Å². The summed E-state index contributed by atoms with van der Waals surface area (Å²) in [5.74, 6) is 0.0817. The molecule has 0 aliphatic carbocycles. The molecular weight excluding hydrogens is 240 g/mol. The van der Waals surface area contributed by atoms with Gasteiger partial charge >= 0.3 is 0 Å². The summed E-state index contributed by atoms with van der Waals surface area (Å²) in [4.78, 5) is 14.5. The van der Waals surface area contributed by atoms with Crippen LogP contribution in [0.3, 0.4) is 0 Å². The number of carbonyl (C=O) groups excluding carboxylic acids is 1. The van der Waals surface area contributed by atoms with Gasteiger partial charge in [0.15, 0.2) is 0 Å². The number of hydrogen-bond acceptors (Lipinski definition) is 3. The average molecular weight is 258 g/mol. The molecule has 1 aliphatic rings. The van der Waals surface area contributed by atoms with Gasteiger partial charge in [-0.25, -0.2) is 0 Å². The molecule has 3 rings (SSSR count). The van der Waals surface area contributed by atoms with Gasteiger partial charge in [-0.1, -0.05) is 0 Å². The van der Waals surface area contributed by atoms with E-state index in [4.69, 9.17) is 5.73 Å². The molecule has 1 aliphatic heterocycles. The molecule has 5 nitrogen and oxygen atoms in total. The number of aromatic nitrogens is 2. The van der Waals surface area contributed by atoms with Gasteiger partial charge in [0.05, 0.1) is 11.7 Å². The van der Waals surface area contributed by atoms with Crippen molar-refractivity contribution in [2.45, 2.75) is 25.3 Å². The van der Waals surface area contributed by atoms with Crippen LogP contribution in [0, 0.1) is 0 Å². The molecule has 1 aromatic carbocycles. The Balaban J connectivity index is 1.89. The predicted octanol–water partition coefficient (Wildman–Crippen LogP) is 1.52. The van der Waals surface area contributed by atoms with E-state index in [2.05, 4.69) is 10.2 Å². The number of nitrogens with one attached hydrogen (secondary N) is 1. The van der Waals surface area contributed by atoms with Crippen molar-refractivity contribution in [3.8, 4) is 0 Å². The minimum absolute atomic E-state index is 0.0817. The van der Waals surface area contributed by atoms with Gasteiger partial charge in [0.2, 0.25) is 0 Å². The van der Waals surface area contributed by atoms with E-state index in [1.807, 2.05) is 23.1 Å². The molecule has 100 valence electrons. The van der Waals surface area contributed by atoms with E-state index in [0.29, 0.717) is 12.1 Å². The lowest BCUT2D eigenvalue weighted by molar-refractivity contribution is 0.0623. The van der Waals surface area contributed by atoms with Gasteiger partial charge in [0, 0.05) is 30.1 Å². The van der Waals surface area contributed by atoms with Crippen molar-refractivity contribution in [1.29, 1.82) is 0 Å². The Morgan fingerprint density at radius 3 is 3.21 bits per heavy atom. The molecule has 1 saturated heterocycles. The minimum Gasteiger partial charge on any atom is -0.334 e. The predicted molar refractivity (Wildman–Crippen MR) is 73.8 cm³/mol. The lowest BCUT2D eigenvalue weighted by Crippen LogP contribution is -2.47. The highest BCUT2D eigenvalue weighted by Crippen LogP contribution is 2.20. The number of nitrogens with zero attached hydrogens (tertiary/aromatic N) is 2. The van der Waals surface area contributed by atoms with Crippen LogP contribution in [0.5, 0.6) is 0 Å². The first kappa shape index (κ1) is 12.2. The van der Waals surface area contributed by atoms with Crippen LogP contribution < -0.4 is 5.73 Å². The number of likely N-dealkylation sites (tertiary alicyclic amines) is 1. The quantitative estimate of drug-likeness (QED) is 0.857. The molecule has 2 heterocycles. The van der Waals surface area contributed by atoms with Gasteiger partial charge in [-0.05, 0) is 37.5 Å². The number of amides is 1.